The number of carbonyl (C=O) groups is 1. The molecule has 128 valence electrons. The molecule has 1 aromatic carbocycles. The van der Waals surface area contributed by atoms with Crippen LogP contribution in [0.25, 0.3) is 0 Å². The number of hydrogen-bond donors (Lipinski definition) is 0. The second-order valence-electron chi connectivity index (χ2n) is 5.57. The van der Waals surface area contributed by atoms with Crippen molar-refractivity contribution in [3.8, 4) is 0 Å². The molecule has 2 heterocycles. The quantitative estimate of drug-likeness (QED) is 0.749. The normalized spacial score (nSPS) is 18.7. The molecule has 0 radical (unpaired) electrons. The fourth-order valence-corrected chi connectivity index (χ4v) is 6.62. The van der Waals surface area contributed by atoms with Crippen LogP contribution in [0.4, 0.5) is 5.69 Å². The predicted molar refractivity (Wildman–Crippen MR) is 98.8 cm³/mol. The van der Waals surface area contributed by atoms with Gasteiger partial charge in [0.05, 0.1) is 3.79 Å². The molecular weight excluding hydrogens is 412 g/mol. The molecule has 1 fully saturated rings. The maximum atomic E-state index is 12.9. The molecule has 0 bridgehead atoms. The second kappa shape index (κ2) is 6.95. The standard InChI is InChI=1S/C16H17BrN2O3S2/c1-18(12-6-3-2-4-7-12)16(20)13-8-5-11-19(13)24(21,22)15-10-9-14(17)23-15/h2-4,6-7,9-10,13H,5,8,11H2,1H3/t13-/m0/s1. The van der Waals surface area contributed by atoms with Crippen LogP contribution < -0.4 is 4.90 Å². The van der Waals surface area contributed by atoms with Crippen LogP contribution in [0.1, 0.15) is 12.8 Å². The number of benzene rings is 1. The lowest BCUT2D eigenvalue weighted by atomic mass is 10.2. The lowest BCUT2D eigenvalue weighted by Crippen LogP contribution is -2.46. The predicted octanol–water partition coefficient (Wildman–Crippen LogP) is 3.33. The SMILES string of the molecule is CN(C(=O)[C@@H]1CCCN1S(=O)(=O)c1ccc(Br)s1)c1ccccc1. The van der Waals surface area contributed by atoms with E-state index in [0.29, 0.717) is 19.4 Å². The van der Waals surface area contributed by atoms with Crippen LogP contribution in [0.3, 0.4) is 0 Å². The highest BCUT2D eigenvalue weighted by Gasteiger charge is 2.41. The van der Waals surface area contributed by atoms with Crippen molar-refractivity contribution >= 4 is 48.9 Å². The van der Waals surface area contributed by atoms with Gasteiger partial charge >= 0.3 is 0 Å². The summed E-state index contributed by atoms with van der Waals surface area (Å²) in [4.78, 5) is 14.4. The molecule has 0 spiro atoms. The van der Waals surface area contributed by atoms with Crippen LogP contribution in [0, 0.1) is 0 Å². The Kier molecular flexibility index (Phi) is 5.10. The Morgan fingerprint density at radius 3 is 2.58 bits per heavy atom. The van der Waals surface area contributed by atoms with Crippen molar-refractivity contribution < 1.29 is 13.2 Å². The number of hydrogen-bond acceptors (Lipinski definition) is 4. The van der Waals surface area contributed by atoms with Gasteiger partial charge in [-0.25, -0.2) is 8.42 Å². The Morgan fingerprint density at radius 2 is 1.96 bits per heavy atom. The molecule has 1 atom stereocenters. The van der Waals surface area contributed by atoms with E-state index in [4.69, 9.17) is 0 Å². The first-order valence-corrected chi connectivity index (χ1v) is 10.6. The van der Waals surface area contributed by atoms with Gasteiger partial charge in [0.15, 0.2) is 0 Å². The van der Waals surface area contributed by atoms with Gasteiger partial charge in [0.1, 0.15) is 10.3 Å². The summed E-state index contributed by atoms with van der Waals surface area (Å²) in [5.74, 6) is -0.196. The molecule has 1 aromatic heterocycles. The maximum Gasteiger partial charge on any atom is 0.253 e. The highest BCUT2D eigenvalue weighted by atomic mass is 79.9. The molecule has 0 saturated carbocycles. The number of para-hydroxylation sites is 1. The summed E-state index contributed by atoms with van der Waals surface area (Å²) in [6.07, 6.45) is 1.23. The molecule has 0 unspecified atom stereocenters. The van der Waals surface area contributed by atoms with Crippen LogP contribution in [-0.2, 0) is 14.8 Å². The van der Waals surface area contributed by atoms with Gasteiger partial charge in [0.2, 0.25) is 5.91 Å². The molecule has 0 N–H and O–H groups in total. The fraction of sp³-hybridized carbons (Fsp3) is 0.312. The summed E-state index contributed by atoms with van der Waals surface area (Å²) < 4.78 is 28.1. The lowest BCUT2D eigenvalue weighted by Gasteiger charge is -2.27. The van der Waals surface area contributed by atoms with Crippen molar-refractivity contribution in [1.82, 2.24) is 4.31 Å². The monoisotopic (exact) mass is 428 g/mol. The van der Waals surface area contributed by atoms with E-state index in [9.17, 15) is 13.2 Å². The molecular formula is C16H17BrN2O3S2. The van der Waals surface area contributed by atoms with Crippen molar-refractivity contribution in [2.24, 2.45) is 0 Å². The van der Waals surface area contributed by atoms with Crippen LogP contribution in [0.2, 0.25) is 0 Å². The zero-order valence-electron chi connectivity index (χ0n) is 13.1. The molecule has 8 heteroatoms. The van der Waals surface area contributed by atoms with E-state index in [1.165, 1.54) is 9.21 Å². The summed E-state index contributed by atoms with van der Waals surface area (Å²) in [7, 11) is -1.97. The number of likely N-dealkylation sites (N-methyl/N-ethyl adjacent to an activating group) is 1. The maximum absolute atomic E-state index is 12.9. The first-order valence-electron chi connectivity index (χ1n) is 7.51. The number of nitrogens with zero attached hydrogens (tertiary/aromatic N) is 2. The molecule has 1 aliphatic rings. The van der Waals surface area contributed by atoms with E-state index in [0.717, 1.165) is 20.8 Å². The molecule has 3 rings (SSSR count). The zero-order valence-corrected chi connectivity index (χ0v) is 16.3. The minimum Gasteiger partial charge on any atom is -0.314 e. The summed E-state index contributed by atoms with van der Waals surface area (Å²) in [6.45, 7) is 0.372. The first kappa shape index (κ1) is 17.6. The third-order valence-corrected chi connectivity index (χ3v) is 8.07. The number of anilines is 1. The summed E-state index contributed by atoms with van der Waals surface area (Å²) in [5, 5.41) is 0. The average molecular weight is 429 g/mol. The Morgan fingerprint density at radius 1 is 1.25 bits per heavy atom. The second-order valence-corrected chi connectivity index (χ2v) is 10.1. The zero-order chi connectivity index (χ0) is 17.3. The minimum absolute atomic E-state index is 0.196. The van der Waals surface area contributed by atoms with Crippen molar-refractivity contribution in [3.63, 3.8) is 0 Å². The van der Waals surface area contributed by atoms with Gasteiger partial charge in [-0.15, -0.1) is 11.3 Å². The number of rotatable bonds is 4. The van der Waals surface area contributed by atoms with E-state index in [-0.39, 0.29) is 10.1 Å². The summed E-state index contributed by atoms with van der Waals surface area (Å²) in [5.41, 5.74) is 0.755. The van der Waals surface area contributed by atoms with Crippen molar-refractivity contribution in [2.45, 2.75) is 23.1 Å². The molecule has 1 amide bonds. The Hall–Kier alpha value is -1.22. The van der Waals surface area contributed by atoms with Crippen molar-refractivity contribution in [2.75, 3.05) is 18.5 Å². The van der Waals surface area contributed by atoms with Gasteiger partial charge in [-0.1, -0.05) is 18.2 Å². The van der Waals surface area contributed by atoms with Crippen LogP contribution >= 0.6 is 27.3 Å². The highest BCUT2D eigenvalue weighted by Crippen LogP contribution is 2.33. The lowest BCUT2D eigenvalue weighted by molar-refractivity contribution is -0.121. The van der Waals surface area contributed by atoms with Crippen LogP contribution in [0.5, 0.6) is 0 Å². The van der Waals surface area contributed by atoms with E-state index >= 15 is 0 Å². The number of carbonyl (C=O) groups excluding carboxylic acids is 1. The third-order valence-electron chi connectivity index (χ3n) is 4.07. The molecule has 0 aliphatic carbocycles. The van der Waals surface area contributed by atoms with Crippen LogP contribution in [-0.4, -0.2) is 38.3 Å². The Balaban J connectivity index is 1.87. The number of amides is 1. The largest absolute Gasteiger partial charge is 0.314 e. The molecule has 1 aliphatic heterocycles. The molecule has 1 saturated heterocycles. The molecule has 24 heavy (non-hydrogen) atoms. The van der Waals surface area contributed by atoms with Crippen molar-refractivity contribution in [1.29, 1.82) is 0 Å². The molecule has 5 nitrogen and oxygen atoms in total. The smallest absolute Gasteiger partial charge is 0.253 e. The van der Waals surface area contributed by atoms with Gasteiger partial charge in [-0.3, -0.25) is 4.79 Å². The topological polar surface area (TPSA) is 57.7 Å². The van der Waals surface area contributed by atoms with Gasteiger partial charge in [-0.2, -0.15) is 4.31 Å². The van der Waals surface area contributed by atoms with Gasteiger partial charge in [0, 0.05) is 19.3 Å². The number of sulfonamides is 1. The van der Waals surface area contributed by atoms with E-state index < -0.39 is 16.1 Å². The minimum atomic E-state index is -3.65. The van der Waals surface area contributed by atoms with Gasteiger partial charge in [-0.05, 0) is 53.0 Å². The van der Waals surface area contributed by atoms with E-state index in [2.05, 4.69) is 15.9 Å². The first-order chi connectivity index (χ1) is 11.4. The number of thiophene rings is 1. The Labute approximate surface area is 154 Å². The van der Waals surface area contributed by atoms with Crippen molar-refractivity contribution in [3.05, 3.63) is 46.3 Å². The molecule has 2 aromatic rings. The fourth-order valence-electron chi connectivity index (χ4n) is 2.83. The third kappa shape index (κ3) is 3.28. The van der Waals surface area contributed by atoms with Crippen LogP contribution in [0.15, 0.2) is 50.5 Å². The van der Waals surface area contributed by atoms with Gasteiger partial charge in [0.25, 0.3) is 10.0 Å². The summed E-state index contributed by atoms with van der Waals surface area (Å²) in [6, 6.07) is 11.9. The average Bonchev–Trinajstić information content (AvgIpc) is 3.23. The summed E-state index contributed by atoms with van der Waals surface area (Å²) >= 11 is 4.45. The highest BCUT2D eigenvalue weighted by molar-refractivity contribution is 9.11. The van der Waals surface area contributed by atoms with E-state index in [1.807, 2.05) is 30.3 Å². The Bertz CT molecular complexity index is 836. The van der Waals surface area contributed by atoms with Gasteiger partial charge < -0.3 is 4.90 Å². The van der Waals surface area contributed by atoms with E-state index in [1.54, 1.807) is 19.2 Å². The number of halogens is 1.